The van der Waals surface area contributed by atoms with Gasteiger partial charge in [0.1, 0.15) is 0 Å². The Morgan fingerprint density at radius 2 is 2.08 bits per heavy atom. The van der Waals surface area contributed by atoms with Crippen LogP contribution in [-0.4, -0.2) is 35.1 Å². The Morgan fingerprint density at radius 1 is 1.54 bits per heavy atom. The van der Waals surface area contributed by atoms with Gasteiger partial charge in [-0.1, -0.05) is 0 Å². The van der Waals surface area contributed by atoms with Crippen molar-refractivity contribution in [3.63, 3.8) is 0 Å². The van der Waals surface area contributed by atoms with Crippen LogP contribution in [0.15, 0.2) is 0 Å². The van der Waals surface area contributed by atoms with E-state index in [1.807, 2.05) is 0 Å². The summed E-state index contributed by atoms with van der Waals surface area (Å²) >= 11 is 0. The highest BCUT2D eigenvalue weighted by molar-refractivity contribution is 5.76. The van der Waals surface area contributed by atoms with Gasteiger partial charge in [0.25, 0.3) is 0 Å². The third-order valence-corrected chi connectivity index (χ3v) is 2.21. The zero-order valence-corrected chi connectivity index (χ0v) is 8.71. The molecule has 0 unspecified atom stereocenters. The van der Waals surface area contributed by atoms with Crippen LogP contribution in [0, 0.1) is 5.92 Å². The molecule has 3 heteroatoms. The molecule has 1 rings (SSSR count). The molecule has 0 saturated heterocycles. The van der Waals surface area contributed by atoms with Crippen LogP contribution in [0.2, 0.25) is 0 Å². The monoisotopic (exact) mass is 185 g/mol. The molecule has 1 fully saturated rings. The minimum absolute atomic E-state index is 0.157. The van der Waals surface area contributed by atoms with Crippen molar-refractivity contribution in [3.8, 4) is 0 Å². The van der Waals surface area contributed by atoms with E-state index in [1.54, 1.807) is 25.8 Å². The fourth-order valence-electron chi connectivity index (χ4n) is 1.39. The molecule has 0 aliphatic heterocycles. The lowest BCUT2D eigenvalue weighted by Gasteiger charge is -2.25. The van der Waals surface area contributed by atoms with Gasteiger partial charge in [0.05, 0.1) is 5.60 Å². The van der Waals surface area contributed by atoms with Crippen LogP contribution in [0.3, 0.4) is 0 Å². The Balaban J connectivity index is 2.28. The first kappa shape index (κ1) is 10.5. The van der Waals surface area contributed by atoms with E-state index in [1.165, 1.54) is 12.8 Å². The van der Waals surface area contributed by atoms with Crippen molar-refractivity contribution in [3.05, 3.63) is 0 Å². The smallest absolute Gasteiger partial charge is 0.222 e. The van der Waals surface area contributed by atoms with Gasteiger partial charge in [0.15, 0.2) is 0 Å². The Kier molecular flexibility index (Phi) is 2.96. The highest BCUT2D eigenvalue weighted by Crippen LogP contribution is 2.32. The molecule has 1 saturated carbocycles. The maximum Gasteiger partial charge on any atom is 0.222 e. The lowest BCUT2D eigenvalue weighted by Crippen LogP contribution is -2.39. The molecule has 0 atom stereocenters. The first-order valence-electron chi connectivity index (χ1n) is 4.85. The van der Waals surface area contributed by atoms with Crippen molar-refractivity contribution in [1.82, 2.24) is 4.90 Å². The van der Waals surface area contributed by atoms with Gasteiger partial charge in [-0.15, -0.1) is 0 Å². The van der Waals surface area contributed by atoms with Crippen molar-refractivity contribution in [2.75, 3.05) is 13.6 Å². The molecule has 1 amide bonds. The highest BCUT2D eigenvalue weighted by atomic mass is 16.3. The summed E-state index contributed by atoms with van der Waals surface area (Å²) in [4.78, 5) is 13.1. The molecule has 0 spiro atoms. The summed E-state index contributed by atoms with van der Waals surface area (Å²) < 4.78 is 0. The number of carbonyl (C=O) groups excluding carboxylic acids is 1. The standard InChI is InChI=1S/C10H19NO2/c1-10(2,13)7-11(3)9(12)6-8-4-5-8/h8,13H,4-7H2,1-3H3. The first-order chi connectivity index (χ1) is 5.88. The van der Waals surface area contributed by atoms with Crippen LogP contribution < -0.4 is 0 Å². The van der Waals surface area contributed by atoms with E-state index in [0.717, 1.165) is 0 Å². The lowest BCUT2D eigenvalue weighted by molar-refractivity contribution is -0.132. The quantitative estimate of drug-likeness (QED) is 0.710. The van der Waals surface area contributed by atoms with Crippen molar-refractivity contribution in [1.29, 1.82) is 0 Å². The van der Waals surface area contributed by atoms with Gasteiger partial charge in [0.2, 0.25) is 5.91 Å². The van der Waals surface area contributed by atoms with Gasteiger partial charge in [-0.25, -0.2) is 0 Å². The van der Waals surface area contributed by atoms with Crippen LogP contribution in [0.5, 0.6) is 0 Å². The predicted octanol–water partition coefficient (Wildman–Crippen LogP) is 1.02. The Labute approximate surface area is 79.7 Å². The van der Waals surface area contributed by atoms with Gasteiger partial charge in [-0.05, 0) is 32.6 Å². The predicted molar refractivity (Wildman–Crippen MR) is 51.3 cm³/mol. The molecule has 1 aliphatic rings. The molecule has 0 radical (unpaired) electrons. The number of nitrogens with zero attached hydrogens (tertiary/aromatic N) is 1. The minimum atomic E-state index is -0.784. The molecule has 0 aromatic rings. The van der Waals surface area contributed by atoms with E-state index in [0.29, 0.717) is 18.9 Å². The lowest BCUT2D eigenvalue weighted by atomic mass is 10.1. The van der Waals surface area contributed by atoms with Crippen LogP contribution in [-0.2, 0) is 4.79 Å². The zero-order chi connectivity index (χ0) is 10.1. The van der Waals surface area contributed by atoms with E-state index in [9.17, 15) is 9.90 Å². The maximum absolute atomic E-state index is 11.5. The first-order valence-corrected chi connectivity index (χ1v) is 4.85. The summed E-state index contributed by atoms with van der Waals surface area (Å²) in [6.07, 6.45) is 3.05. The SMILES string of the molecule is CN(CC(C)(C)O)C(=O)CC1CC1. The summed E-state index contributed by atoms with van der Waals surface area (Å²) in [6, 6.07) is 0. The van der Waals surface area contributed by atoms with E-state index in [2.05, 4.69) is 0 Å². The van der Waals surface area contributed by atoms with Crippen molar-refractivity contribution >= 4 is 5.91 Å². The zero-order valence-electron chi connectivity index (χ0n) is 8.71. The van der Waals surface area contributed by atoms with E-state index in [-0.39, 0.29) is 5.91 Å². The maximum atomic E-state index is 11.5. The van der Waals surface area contributed by atoms with Gasteiger partial charge < -0.3 is 10.0 Å². The normalized spacial score (nSPS) is 17.2. The van der Waals surface area contributed by atoms with Crippen LogP contribution >= 0.6 is 0 Å². The fraction of sp³-hybridized carbons (Fsp3) is 0.900. The molecular formula is C10H19NO2. The Hall–Kier alpha value is -0.570. The van der Waals surface area contributed by atoms with E-state index < -0.39 is 5.60 Å². The molecule has 1 aliphatic carbocycles. The Morgan fingerprint density at radius 3 is 2.46 bits per heavy atom. The topological polar surface area (TPSA) is 40.5 Å². The van der Waals surface area contributed by atoms with Crippen LogP contribution in [0.1, 0.15) is 33.1 Å². The molecule has 76 valence electrons. The average Bonchev–Trinajstić information content (AvgIpc) is 2.67. The van der Waals surface area contributed by atoms with Crippen molar-refractivity contribution in [2.45, 2.75) is 38.7 Å². The van der Waals surface area contributed by atoms with E-state index >= 15 is 0 Å². The average molecular weight is 185 g/mol. The number of likely N-dealkylation sites (N-methyl/N-ethyl adjacent to an activating group) is 1. The van der Waals surface area contributed by atoms with Gasteiger partial charge in [-0.2, -0.15) is 0 Å². The summed E-state index contributed by atoms with van der Waals surface area (Å²) in [5.74, 6) is 0.779. The fourth-order valence-corrected chi connectivity index (χ4v) is 1.39. The third-order valence-electron chi connectivity index (χ3n) is 2.21. The Bertz CT molecular complexity index is 192. The second-order valence-electron chi connectivity index (χ2n) is 4.71. The second kappa shape index (κ2) is 3.66. The van der Waals surface area contributed by atoms with Gasteiger partial charge >= 0.3 is 0 Å². The largest absolute Gasteiger partial charge is 0.389 e. The molecule has 3 nitrogen and oxygen atoms in total. The van der Waals surface area contributed by atoms with Crippen molar-refractivity contribution in [2.24, 2.45) is 5.92 Å². The second-order valence-corrected chi connectivity index (χ2v) is 4.71. The number of carbonyl (C=O) groups is 1. The number of amides is 1. The summed E-state index contributed by atoms with van der Waals surface area (Å²) in [5.41, 5.74) is -0.784. The summed E-state index contributed by atoms with van der Waals surface area (Å²) in [7, 11) is 1.75. The molecule has 1 N–H and O–H groups in total. The number of hydrogen-bond acceptors (Lipinski definition) is 2. The molecule has 0 aromatic carbocycles. The summed E-state index contributed by atoms with van der Waals surface area (Å²) in [6.45, 7) is 3.85. The van der Waals surface area contributed by atoms with Gasteiger partial charge in [0, 0.05) is 20.0 Å². The number of hydrogen-bond donors (Lipinski definition) is 1. The number of aliphatic hydroxyl groups is 1. The van der Waals surface area contributed by atoms with E-state index in [4.69, 9.17) is 0 Å². The molecule has 0 heterocycles. The van der Waals surface area contributed by atoms with Crippen LogP contribution in [0.4, 0.5) is 0 Å². The molecule has 0 aromatic heterocycles. The molecule has 0 bridgehead atoms. The minimum Gasteiger partial charge on any atom is -0.389 e. The van der Waals surface area contributed by atoms with Gasteiger partial charge in [-0.3, -0.25) is 4.79 Å². The summed E-state index contributed by atoms with van der Waals surface area (Å²) in [5, 5.41) is 9.49. The third kappa shape index (κ3) is 4.27. The van der Waals surface area contributed by atoms with Crippen molar-refractivity contribution < 1.29 is 9.90 Å². The molecular weight excluding hydrogens is 166 g/mol. The number of rotatable bonds is 4. The highest BCUT2D eigenvalue weighted by Gasteiger charge is 2.27. The van der Waals surface area contributed by atoms with Crippen LogP contribution in [0.25, 0.3) is 0 Å². The molecule has 13 heavy (non-hydrogen) atoms.